The Bertz CT molecular complexity index is 193. The lowest BCUT2D eigenvalue weighted by molar-refractivity contribution is -0.262. The van der Waals surface area contributed by atoms with Crippen LogP contribution in [0.2, 0.25) is 0 Å². The molecule has 0 radical (unpaired) electrons. The number of rotatable bonds is 3. The van der Waals surface area contributed by atoms with E-state index in [1.54, 1.807) is 0 Å². The van der Waals surface area contributed by atoms with Crippen LogP contribution in [-0.2, 0) is 4.74 Å². The van der Waals surface area contributed by atoms with Crippen LogP contribution in [0.5, 0.6) is 0 Å². The molecular weight excluding hydrogens is 186 g/mol. The van der Waals surface area contributed by atoms with Crippen LogP contribution in [-0.4, -0.2) is 13.2 Å². The first-order valence-corrected chi connectivity index (χ1v) is 5.16. The summed E-state index contributed by atoms with van der Waals surface area (Å²) in [6.07, 6.45) is 4.02. The highest BCUT2D eigenvalue weighted by atomic mass is 19.3. The van der Waals surface area contributed by atoms with E-state index in [4.69, 9.17) is 0 Å². The molecule has 82 valence electrons. The first-order chi connectivity index (χ1) is 6.60. The molecule has 3 heteroatoms. The maximum Gasteiger partial charge on any atom is 0.358 e. The summed E-state index contributed by atoms with van der Waals surface area (Å²) >= 11 is 0. The fourth-order valence-electron chi connectivity index (χ4n) is 2.09. The zero-order valence-corrected chi connectivity index (χ0v) is 8.80. The third-order valence-electron chi connectivity index (χ3n) is 2.98. The van der Waals surface area contributed by atoms with Crippen molar-refractivity contribution in [2.45, 2.75) is 38.7 Å². The summed E-state index contributed by atoms with van der Waals surface area (Å²) in [7, 11) is 1.08. The summed E-state index contributed by atoms with van der Waals surface area (Å²) in [6.45, 7) is 1.97. The molecule has 0 aromatic carbocycles. The molecule has 0 amide bonds. The predicted molar refractivity (Wildman–Crippen MR) is 52.2 cm³/mol. The van der Waals surface area contributed by atoms with Gasteiger partial charge in [0.15, 0.2) is 0 Å². The van der Waals surface area contributed by atoms with E-state index in [1.165, 1.54) is 0 Å². The van der Waals surface area contributed by atoms with Crippen LogP contribution in [0.25, 0.3) is 0 Å². The van der Waals surface area contributed by atoms with Crippen molar-refractivity contribution in [3.8, 4) is 0 Å². The van der Waals surface area contributed by atoms with Crippen molar-refractivity contribution in [1.29, 1.82) is 0 Å². The maximum absolute atomic E-state index is 13.1. The van der Waals surface area contributed by atoms with Crippen LogP contribution in [0.4, 0.5) is 8.78 Å². The molecule has 1 saturated carbocycles. The van der Waals surface area contributed by atoms with Crippen LogP contribution in [0.1, 0.15) is 32.6 Å². The molecule has 0 aromatic heterocycles. The van der Waals surface area contributed by atoms with E-state index in [1.807, 2.05) is 13.0 Å². The second-order valence-corrected chi connectivity index (χ2v) is 3.90. The highest BCUT2D eigenvalue weighted by Crippen LogP contribution is 2.39. The third kappa shape index (κ3) is 2.77. The molecule has 14 heavy (non-hydrogen) atoms. The lowest BCUT2D eigenvalue weighted by Crippen LogP contribution is -2.33. The summed E-state index contributed by atoms with van der Waals surface area (Å²) in [6, 6.07) is 0. The Morgan fingerprint density at radius 2 is 1.79 bits per heavy atom. The van der Waals surface area contributed by atoms with Gasteiger partial charge in [-0.1, -0.05) is 12.2 Å². The Hall–Kier alpha value is -0.440. The summed E-state index contributed by atoms with van der Waals surface area (Å²) in [5.74, 6) is -0.0992. The molecule has 0 aliphatic heterocycles. The minimum atomic E-state index is -2.93. The third-order valence-corrected chi connectivity index (χ3v) is 2.98. The van der Waals surface area contributed by atoms with Crippen LogP contribution in [0.15, 0.2) is 12.2 Å². The van der Waals surface area contributed by atoms with Crippen LogP contribution >= 0.6 is 0 Å². The second-order valence-electron chi connectivity index (χ2n) is 3.90. The summed E-state index contributed by atoms with van der Waals surface area (Å²) < 4.78 is 30.4. The number of hydrogen-bond acceptors (Lipinski definition) is 1. The standard InChI is InChI=1S/C11H18F2O/c1-3-4-9-5-7-10(8-6-9)11(12,13)14-2/h3-4,9-10H,5-8H2,1-2H3/b4-3+. The minimum absolute atomic E-state index is 0.490. The van der Waals surface area contributed by atoms with E-state index in [9.17, 15) is 8.78 Å². The molecular formula is C11H18F2O. The van der Waals surface area contributed by atoms with Crippen molar-refractivity contribution in [2.24, 2.45) is 11.8 Å². The molecule has 0 N–H and O–H groups in total. The molecule has 1 aliphatic carbocycles. The van der Waals surface area contributed by atoms with Crippen molar-refractivity contribution in [2.75, 3.05) is 7.11 Å². The van der Waals surface area contributed by atoms with Crippen molar-refractivity contribution in [3.63, 3.8) is 0 Å². The Balaban J connectivity index is 2.43. The summed E-state index contributed by atoms with van der Waals surface area (Å²) in [4.78, 5) is 0. The van der Waals surface area contributed by atoms with E-state index in [0.29, 0.717) is 18.8 Å². The van der Waals surface area contributed by atoms with Gasteiger partial charge in [0.1, 0.15) is 0 Å². The van der Waals surface area contributed by atoms with Gasteiger partial charge in [0.25, 0.3) is 0 Å². The fraction of sp³-hybridized carbons (Fsp3) is 0.818. The molecule has 1 rings (SSSR count). The molecule has 0 saturated heterocycles. The van der Waals surface area contributed by atoms with Crippen molar-refractivity contribution in [3.05, 3.63) is 12.2 Å². The fourth-order valence-corrected chi connectivity index (χ4v) is 2.09. The van der Waals surface area contributed by atoms with Gasteiger partial charge in [0, 0.05) is 7.11 Å². The topological polar surface area (TPSA) is 9.23 Å². The lowest BCUT2D eigenvalue weighted by Gasteiger charge is -2.31. The van der Waals surface area contributed by atoms with Crippen LogP contribution in [0, 0.1) is 11.8 Å². The Kier molecular flexibility index (Phi) is 4.05. The summed E-state index contributed by atoms with van der Waals surface area (Å²) in [5.41, 5.74) is 0. The SMILES string of the molecule is C/C=C/C1CCC(C(F)(F)OC)CC1. The average Bonchev–Trinajstić information content (AvgIpc) is 2.19. The monoisotopic (exact) mass is 204 g/mol. The second kappa shape index (κ2) is 4.87. The largest absolute Gasteiger partial charge is 0.358 e. The Morgan fingerprint density at radius 1 is 1.21 bits per heavy atom. The van der Waals surface area contributed by atoms with Gasteiger partial charge in [-0.25, -0.2) is 0 Å². The van der Waals surface area contributed by atoms with Gasteiger partial charge in [-0.3, -0.25) is 0 Å². The summed E-state index contributed by atoms with van der Waals surface area (Å²) in [5, 5.41) is 0. The first kappa shape index (κ1) is 11.6. The van der Waals surface area contributed by atoms with Gasteiger partial charge >= 0.3 is 6.11 Å². The van der Waals surface area contributed by atoms with Gasteiger partial charge in [-0.05, 0) is 38.5 Å². The van der Waals surface area contributed by atoms with Crippen molar-refractivity contribution in [1.82, 2.24) is 0 Å². The first-order valence-electron chi connectivity index (χ1n) is 5.16. The number of alkyl halides is 2. The van der Waals surface area contributed by atoms with E-state index in [0.717, 1.165) is 20.0 Å². The Morgan fingerprint density at radius 3 is 2.21 bits per heavy atom. The normalized spacial score (nSPS) is 29.7. The Labute approximate surface area is 84.1 Å². The van der Waals surface area contributed by atoms with E-state index in [2.05, 4.69) is 10.8 Å². The van der Waals surface area contributed by atoms with Crippen LogP contribution in [0.3, 0.4) is 0 Å². The molecule has 0 spiro atoms. The average molecular weight is 204 g/mol. The van der Waals surface area contributed by atoms with E-state index in [-0.39, 0.29) is 0 Å². The van der Waals surface area contributed by atoms with Gasteiger partial charge in [0.05, 0.1) is 5.92 Å². The molecule has 0 atom stereocenters. The molecule has 1 aliphatic rings. The molecule has 0 heterocycles. The smallest absolute Gasteiger partial charge is 0.324 e. The molecule has 1 nitrogen and oxygen atoms in total. The zero-order valence-electron chi connectivity index (χ0n) is 8.80. The van der Waals surface area contributed by atoms with Gasteiger partial charge in [-0.15, -0.1) is 0 Å². The molecule has 0 unspecified atom stereocenters. The van der Waals surface area contributed by atoms with Crippen LogP contribution < -0.4 is 0 Å². The van der Waals surface area contributed by atoms with Gasteiger partial charge in [-0.2, -0.15) is 8.78 Å². The number of halogens is 2. The molecule has 0 bridgehead atoms. The van der Waals surface area contributed by atoms with E-state index < -0.39 is 12.0 Å². The molecule has 0 aromatic rings. The number of hydrogen-bond donors (Lipinski definition) is 0. The zero-order chi connectivity index (χ0) is 10.6. The van der Waals surface area contributed by atoms with Crippen molar-refractivity contribution < 1.29 is 13.5 Å². The number of allylic oxidation sites excluding steroid dienone is 2. The van der Waals surface area contributed by atoms with E-state index >= 15 is 0 Å². The van der Waals surface area contributed by atoms with Crippen molar-refractivity contribution >= 4 is 0 Å². The number of ether oxygens (including phenoxy) is 1. The highest BCUT2D eigenvalue weighted by molar-refractivity contribution is 4.90. The van der Waals surface area contributed by atoms with Gasteiger partial charge in [0.2, 0.25) is 0 Å². The lowest BCUT2D eigenvalue weighted by atomic mass is 9.81. The molecule has 1 fully saturated rings. The predicted octanol–water partition coefficient (Wildman–Crippen LogP) is 3.61. The quantitative estimate of drug-likeness (QED) is 0.638. The maximum atomic E-state index is 13.1. The highest BCUT2D eigenvalue weighted by Gasteiger charge is 2.41. The minimum Gasteiger partial charge on any atom is -0.324 e. The van der Waals surface area contributed by atoms with Gasteiger partial charge < -0.3 is 4.74 Å². The number of methoxy groups -OCH3 is 1.